The van der Waals surface area contributed by atoms with E-state index in [0.717, 1.165) is 49.2 Å². The van der Waals surface area contributed by atoms with Crippen molar-refractivity contribution in [2.24, 2.45) is 0 Å². The second-order valence-corrected chi connectivity index (χ2v) is 10.8. The van der Waals surface area contributed by atoms with Crippen molar-refractivity contribution in [3.8, 4) is 45.3 Å². The molecule has 7 aromatic carbocycles. The van der Waals surface area contributed by atoms with E-state index in [0.29, 0.717) is 18.1 Å². The largest absolute Gasteiger partial charge is 0.208 e. The summed E-state index contributed by atoms with van der Waals surface area (Å²) in [6, 6.07) is 35.2. The van der Waals surface area contributed by atoms with E-state index in [9.17, 15) is 0 Å². The first-order chi connectivity index (χ1) is 23.4. The van der Waals surface area contributed by atoms with Crippen molar-refractivity contribution in [1.29, 1.82) is 0 Å². The van der Waals surface area contributed by atoms with Crippen LogP contribution in [-0.2, 0) is 6.42 Å². The number of fused-ring (bicyclic) bond motifs is 9. The lowest BCUT2D eigenvalue weighted by Crippen LogP contribution is -2.02. The number of nitrogens with zero attached hydrogens (tertiary/aromatic N) is 3. The average Bonchev–Trinajstić information content (AvgIpc) is 3.52. The number of aromatic nitrogens is 3. The monoisotopic (exact) mass is 552 g/mol. The van der Waals surface area contributed by atoms with Gasteiger partial charge in [0.05, 0.1) is 6.85 Å². The van der Waals surface area contributed by atoms with Crippen molar-refractivity contribution < 1.29 is 6.85 Å². The predicted octanol–water partition coefficient (Wildman–Crippen LogP) is 9.90. The van der Waals surface area contributed by atoms with E-state index >= 15 is 0 Å². The molecular formula is C40H25N3. The summed E-state index contributed by atoms with van der Waals surface area (Å²) in [7, 11) is 0. The van der Waals surface area contributed by atoms with E-state index in [1.807, 2.05) is 48.5 Å². The Labute approximate surface area is 256 Å². The molecule has 43 heavy (non-hydrogen) atoms. The third-order valence-electron chi connectivity index (χ3n) is 8.45. The summed E-state index contributed by atoms with van der Waals surface area (Å²) < 4.78 is 42.3. The van der Waals surface area contributed by atoms with E-state index in [2.05, 4.69) is 60.7 Å². The summed E-state index contributed by atoms with van der Waals surface area (Å²) in [4.78, 5) is 14.7. The third-order valence-corrected chi connectivity index (χ3v) is 8.45. The van der Waals surface area contributed by atoms with Gasteiger partial charge in [-0.25, -0.2) is 15.0 Å². The van der Waals surface area contributed by atoms with Crippen LogP contribution in [0.4, 0.5) is 0 Å². The van der Waals surface area contributed by atoms with E-state index in [4.69, 9.17) is 21.8 Å². The van der Waals surface area contributed by atoms with Crippen LogP contribution in [0.2, 0.25) is 0 Å². The van der Waals surface area contributed by atoms with Crippen molar-refractivity contribution in [1.82, 2.24) is 15.0 Å². The van der Waals surface area contributed by atoms with E-state index in [1.165, 1.54) is 16.5 Å². The Kier molecular flexibility index (Phi) is 4.27. The van der Waals surface area contributed by atoms with Crippen LogP contribution in [0.25, 0.3) is 77.6 Å². The zero-order chi connectivity index (χ0) is 32.7. The SMILES string of the molecule is [2H]c1c([2H])c([2H])c(-c2nc(-c3ccc4c5ccccc5c5ccccc5c4c3)nc(-c3cccc4c3Cc3ccccc3-4)n2)c([2H])c1[2H]. The molecule has 3 heteroatoms. The molecule has 0 aliphatic heterocycles. The Hall–Kier alpha value is -5.67. The zero-order valence-corrected chi connectivity index (χ0v) is 22.9. The van der Waals surface area contributed by atoms with E-state index < -0.39 is 18.1 Å². The van der Waals surface area contributed by atoms with Crippen molar-refractivity contribution >= 4 is 32.3 Å². The molecule has 0 unspecified atom stereocenters. The van der Waals surface area contributed by atoms with Gasteiger partial charge in [-0.15, -0.1) is 0 Å². The molecule has 0 N–H and O–H groups in total. The number of hydrogen-bond acceptors (Lipinski definition) is 3. The molecule has 0 spiro atoms. The maximum atomic E-state index is 8.74. The Morgan fingerprint density at radius 1 is 0.442 bits per heavy atom. The normalized spacial score (nSPS) is 13.7. The fraction of sp³-hybridized carbons (Fsp3) is 0.0250. The Balaban J connectivity index is 1.33. The van der Waals surface area contributed by atoms with E-state index in [-0.39, 0.29) is 23.5 Å². The minimum absolute atomic E-state index is 0.0311. The highest BCUT2D eigenvalue weighted by molar-refractivity contribution is 6.25. The maximum Gasteiger partial charge on any atom is 0.164 e. The van der Waals surface area contributed by atoms with Gasteiger partial charge in [0, 0.05) is 16.7 Å². The summed E-state index contributed by atoms with van der Waals surface area (Å²) in [6.45, 7) is 0. The van der Waals surface area contributed by atoms with Crippen molar-refractivity contribution in [3.63, 3.8) is 0 Å². The first-order valence-corrected chi connectivity index (χ1v) is 14.3. The fourth-order valence-electron chi connectivity index (χ4n) is 6.51. The first-order valence-electron chi connectivity index (χ1n) is 16.8. The van der Waals surface area contributed by atoms with Gasteiger partial charge in [0.15, 0.2) is 17.5 Å². The van der Waals surface area contributed by atoms with Crippen molar-refractivity contribution in [2.45, 2.75) is 6.42 Å². The molecular weight excluding hydrogens is 522 g/mol. The molecule has 0 saturated heterocycles. The van der Waals surface area contributed by atoms with Crippen molar-refractivity contribution in [3.05, 3.63) is 151 Å². The van der Waals surface area contributed by atoms with Crippen LogP contribution in [0.3, 0.4) is 0 Å². The molecule has 0 fully saturated rings. The minimum Gasteiger partial charge on any atom is -0.208 e. The van der Waals surface area contributed by atoms with Gasteiger partial charge < -0.3 is 0 Å². The van der Waals surface area contributed by atoms with Crippen molar-refractivity contribution in [2.75, 3.05) is 0 Å². The number of benzene rings is 7. The Morgan fingerprint density at radius 2 is 1.00 bits per heavy atom. The molecule has 1 aromatic heterocycles. The average molecular weight is 553 g/mol. The van der Waals surface area contributed by atoms with Gasteiger partial charge in [-0.2, -0.15) is 0 Å². The van der Waals surface area contributed by atoms with Crippen LogP contribution >= 0.6 is 0 Å². The predicted molar refractivity (Wildman–Crippen MR) is 177 cm³/mol. The first kappa shape index (κ1) is 19.5. The summed E-state index contributed by atoms with van der Waals surface area (Å²) in [5, 5.41) is 6.72. The van der Waals surface area contributed by atoms with E-state index in [1.54, 1.807) is 0 Å². The molecule has 200 valence electrons. The molecule has 0 bridgehead atoms. The molecule has 8 aromatic rings. The number of rotatable bonds is 3. The van der Waals surface area contributed by atoms with Gasteiger partial charge in [-0.05, 0) is 67.1 Å². The molecule has 1 aliphatic rings. The standard InChI is InChI=1S/C40H25N3/c1-2-11-25(12-3-1)38-41-39(43-40(42-38)35-20-10-19-29-28-14-5-4-13-26(28)23-37(29)35)27-21-22-34-32-17-7-6-15-30(32)31-16-8-9-18-33(31)36(34)24-27/h1-22,24H,23H2/i1D,2D,3D,11D,12D. The Bertz CT molecular complexity index is 2610. The van der Waals surface area contributed by atoms with Crippen LogP contribution in [0.15, 0.2) is 139 Å². The minimum atomic E-state index is -0.462. The lowest BCUT2D eigenvalue weighted by atomic mass is 9.93. The molecule has 0 atom stereocenters. The van der Waals surface area contributed by atoms with Gasteiger partial charge in [0.25, 0.3) is 0 Å². The maximum absolute atomic E-state index is 8.74. The highest BCUT2D eigenvalue weighted by atomic mass is 15.0. The molecule has 9 rings (SSSR count). The smallest absolute Gasteiger partial charge is 0.164 e. The summed E-state index contributed by atoms with van der Waals surface area (Å²) in [5.41, 5.74) is 6.07. The highest BCUT2D eigenvalue weighted by Gasteiger charge is 2.23. The lowest BCUT2D eigenvalue weighted by molar-refractivity contribution is 1.07. The quantitative estimate of drug-likeness (QED) is 0.205. The highest BCUT2D eigenvalue weighted by Crippen LogP contribution is 2.42. The summed E-state index contributed by atoms with van der Waals surface area (Å²) in [5.74, 6) is 0.771. The second kappa shape index (κ2) is 9.43. The van der Waals surface area contributed by atoms with Crippen LogP contribution in [0.5, 0.6) is 0 Å². The zero-order valence-electron chi connectivity index (χ0n) is 27.9. The van der Waals surface area contributed by atoms with Gasteiger partial charge >= 0.3 is 0 Å². The fourth-order valence-corrected chi connectivity index (χ4v) is 6.51. The molecule has 1 heterocycles. The van der Waals surface area contributed by atoms with Gasteiger partial charge in [0.1, 0.15) is 0 Å². The molecule has 0 radical (unpaired) electrons. The third kappa shape index (κ3) is 3.79. The molecule has 0 saturated carbocycles. The van der Waals surface area contributed by atoms with Crippen LogP contribution in [0, 0.1) is 0 Å². The van der Waals surface area contributed by atoms with Crippen LogP contribution in [0.1, 0.15) is 18.0 Å². The molecule has 1 aliphatic carbocycles. The molecule has 0 amide bonds. The van der Waals surface area contributed by atoms with Crippen LogP contribution < -0.4 is 0 Å². The second-order valence-electron chi connectivity index (χ2n) is 10.8. The van der Waals surface area contributed by atoms with Gasteiger partial charge in [-0.1, -0.05) is 133 Å². The number of hydrogen-bond donors (Lipinski definition) is 0. The lowest BCUT2D eigenvalue weighted by Gasteiger charge is -2.13. The van der Waals surface area contributed by atoms with Crippen LogP contribution in [-0.4, -0.2) is 15.0 Å². The summed E-state index contributed by atoms with van der Waals surface area (Å²) >= 11 is 0. The summed E-state index contributed by atoms with van der Waals surface area (Å²) in [6.07, 6.45) is 0.710. The Morgan fingerprint density at radius 3 is 1.74 bits per heavy atom. The topological polar surface area (TPSA) is 38.7 Å². The van der Waals surface area contributed by atoms with Gasteiger partial charge in [0.2, 0.25) is 0 Å². The molecule has 3 nitrogen and oxygen atoms in total. The van der Waals surface area contributed by atoms with Gasteiger partial charge in [-0.3, -0.25) is 0 Å².